The Hall–Kier alpha value is -0.643. The number of benzene rings is 2. The van der Waals surface area contributed by atoms with Gasteiger partial charge in [0, 0.05) is 0 Å². The maximum atomic E-state index is 6.75. The molecule has 31 heavy (non-hydrogen) atoms. The molecule has 0 radical (unpaired) electrons. The second-order valence-corrected chi connectivity index (χ2v) is 17.9. The summed E-state index contributed by atoms with van der Waals surface area (Å²) < 4.78 is 6.75. The summed E-state index contributed by atoms with van der Waals surface area (Å²) in [6.45, 7) is 11.7. The summed E-state index contributed by atoms with van der Waals surface area (Å²) in [5, 5.41) is 8.33. The van der Waals surface area contributed by atoms with Crippen LogP contribution in [0.25, 0.3) is 21.5 Å². The molecule has 6 heteroatoms. The van der Waals surface area contributed by atoms with E-state index < -0.39 is 16.4 Å². The fourth-order valence-electron chi connectivity index (χ4n) is 4.43. The average molecular weight is 565 g/mol. The third-order valence-corrected chi connectivity index (χ3v) is 11.2. The second-order valence-electron chi connectivity index (χ2n) is 9.14. The molecule has 0 bridgehead atoms. The zero-order valence-electron chi connectivity index (χ0n) is 18.9. The van der Waals surface area contributed by atoms with Gasteiger partial charge in [0.1, 0.15) is 0 Å². The van der Waals surface area contributed by atoms with Crippen LogP contribution in [0.4, 0.5) is 0 Å². The summed E-state index contributed by atoms with van der Waals surface area (Å²) in [5.74, 6) is 1.17. The van der Waals surface area contributed by atoms with E-state index in [9.17, 15) is 0 Å². The zero-order valence-corrected chi connectivity index (χ0v) is 24.9. The van der Waals surface area contributed by atoms with Crippen LogP contribution < -0.4 is 39.6 Å². The minimum atomic E-state index is -1.91. The van der Waals surface area contributed by atoms with Crippen molar-refractivity contribution >= 4 is 48.3 Å². The molecule has 0 aliphatic heterocycles. The Morgan fingerprint density at radius 2 is 1.45 bits per heavy atom. The molecule has 0 N–H and O–H groups in total. The summed E-state index contributed by atoms with van der Waals surface area (Å²) >= 11 is 0. The first kappa shape index (κ1) is 28.4. The van der Waals surface area contributed by atoms with Gasteiger partial charge in [0.05, 0.1) is 8.07 Å². The zero-order chi connectivity index (χ0) is 19.9. The van der Waals surface area contributed by atoms with Gasteiger partial charge in [0.25, 0.3) is 0 Å². The standard InChI is InChI=1S/C25H30OSi2.2ClH.Zr/c1-6-15-28(5,22-16-19-11-7-8-12-20(19)17-22)24-18-21-13-9-10-14-23(21)25(24)26-27(2,3)4;;;/h7-14,16-18H,6,15H2,1-5H3;2*1H;/q-2;;;+4/p-2. The predicted octanol–water partition coefficient (Wildman–Crippen LogP) is 0.253. The second kappa shape index (κ2) is 11.0. The molecule has 0 heterocycles. The Balaban J connectivity index is 0.00000160. The van der Waals surface area contributed by atoms with Gasteiger partial charge in [-0.2, -0.15) is 11.5 Å². The molecule has 1 nitrogen and oxygen atoms in total. The van der Waals surface area contributed by atoms with E-state index in [0.717, 1.165) is 0 Å². The number of fused-ring (bicyclic) bond motifs is 2. The smallest absolute Gasteiger partial charge is 1.00 e. The fraction of sp³-hybridized carbons (Fsp3) is 0.280. The van der Waals surface area contributed by atoms with Crippen LogP contribution in [-0.2, 0) is 26.2 Å². The van der Waals surface area contributed by atoms with E-state index in [4.69, 9.17) is 4.43 Å². The summed E-state index contributed by atoms with van der Waals surface area (Å²) in [4.78, 5) is 0. The first-order valence-corrected chi connectivity index (χ1v) is 16.5. The van der Waals surface area contributed by atoms with Gasteiger partial charge in [-0.1, -0.05) is 38.1 Å². The van der Waals surface area contributed by atoms with Crippen LogP contribution in [0.2, 0.25) is 32.2 Å². The van der Waals surface area contributed by atoms with E-state index in [1.54, 1.807) is 0 Å². The molecule has 0 aliphatic carbocycles. The van der Waals surface area contributed by atoms with E-state index in [1.165, 1.54) is 50.1 Å². The van der Waals surface area contributed by atoms with Gasteiger partial charge < -0.3 is 29.2 Å². The molecule has 0 aliphatic rings. The third-order valence-electron chi connectivity index (χ3n) is 5.76. The summed E-state index contributed by atoms with van der Waals surface area (Å²) in [6.07, 6.45) is 1.19. The number of hydrogen-bond donors (Lipinski definition) is 0. The Morgan fingerprint density at radius 3 is 2.06 bits per heavy atom. The normalized spacial score (nSPS) is 13.1. The van der Waals surface area contributed by atoms with E-state index in [-0.39, 0.29) is 51.0 Å². The van der Waals surface area contributed by atoms with Crippen LogP contribution in [0.3, 0.4) is 0 Å². The maximum absolute atomic E-state index is 6.75. The van der Waals surface area contributed by atoms with Crippen molar-refractivity contribution in [2.75, 3.05) is 0 Å². The minimum absolute atomic E-state index is 0. The molecule has 0 saturated heterocycles. The molecule has 4 rings (SSSR count). The Labute approximate surface area is 220 Å². The molecule has 4 aromatic carbocycles. The fourth-order valence-corrected chi connectivity index (χ4v) is 9.34. The van der Waals surface area contributed by atoms with Gasteiger partial charge in [0.2, 0.25) is 8.32 Å². The van der Waals surface area contributed by atoms with E-state index in [0.29, 0.717) is 0 Å². The Bertz CT molecular complexity index is 1100. The van der Waals surface area contributed by atoms with E-state index in [2.05, 4.69) is 99.8 Å². The number of halogens is 2. The van der Waals surface area contributed by atoms with Crippen LogP contribution in [0.15, 0.2) is 66.7 Å². The molecule has 1 atom stereocenters. The summed E-state index contributed by atoms with van der Waals surface area (Å²) in [6, 6.07) is 26.0. The van der Waals surface area contributed by atoms with Gasteiger partial charge in [-0.25, -0.2) is 0 Å². The molecular formula is C25H30Cl2OSi2Zr. The van der Waals surface area contributed by atoms with E-state index >= 15 is 0 Å². The van der Waals surface area contributed by atoms with Crippen LogP contribution in [0.5, 0.6) is 5.75 Å². The van der Waals surface area contributed by atoms with Crippen LogP contribution >= 0.6 is 0 Å². The molecule has 4 aromatic rings. The van der Waals surface area contributed by atoms with Crippen molar-refractivity contribution < 1.29 is 55.4 Å². The average Bonchev–Trinajstić information content (AvgIpc) is 3.23. The molecule has 0 aromatic heterocycles. The quantitative estimate of drug-likeness (QED) is 0.241. The molecule has 0 amide bonds. The van der Waals surface area contributed by atoms with Crippen molar-refractivity contribution in [3.05, 3.63) is 66.7 Å². The van der Waals surface area contributed by atoms with E-state index in [1.807, 2.05) is 0 Å². The van der Waals surface area contributed by atoms with Gasteiger partial charge in [0.15, 0.2) is 0 Å². The molecular weight excluding hydrogens is 535 g/mol. The van der Waals surface area contributed by atoms with Crippen molar-refractivity contribution in [1.29, 1.82) is 0 Å². The molecule has 0 saturated carbocycles. The van der Waals surface area contributed by atoms with Crippen molar-refractivity contribution in [2.45, 2.75) is 45.6 Å². The van der Waals surface area contributed by atoms with Gasteiger partial charge in [-0.15, -0.1) is 75.1 Å². The maximum Gasteiger partial charge on any atom is 4.00 e. The first-order chi connectivity index (χ1) is 13.3. The van der Waals surface area contributed by atoms with Gasteiger partial charge in [-0.3, -0.25) is 0 Å². The van der Waals surface area contributed by atoms with Gasteiger partial charge in [-0.05, 0) is 25.4 Å². The molecule has 0 spiro atoms. The van der Waals surface area contributed by atoms with Crippen molar-refractivity contribution in [1.82, 2.24) is 0 Å². The molecule has 0 fully saturated rings. The number of hydrogen-bond acceptors (Lipinski definition) is 1. The minimum Gasteiger partial charge on any atom is -1.00 e. The number of rotatable bonds is 6. The summed E-state index contributed by atoms with van der Waals surface area (Å²) in [5.41, 5.74) is 0. The van der Waals surface area contributed by atoms with Crippen LogP contribution in [0, 0.1) is 0 Å². The first-order valence-electron chi connectivity index (χ1n) is 10.4. The van der Waals surface area contributed by atoms with Crippen molar-refractivity contribution in [3.63, 3.8) is 0 Å². The van der Waals surface area contributed by atoms with Gasteiger partial charge >= 0.3 is 26.2 Å². The van der Waals surface area contributed by atoms with Crippen molar-refractivity contribution in [2.24, 2.45) is 0 Å². The molecule has 162 valence electrons. The predicted molar refractivity (Wildman–Crippen MR) is 129 cm³/mol. The Kier molecular flexibility index (Phi) is 10.1. The van der Waals surface area contributed by atoms with Crippen molar-refractivity contribution in [3.8, 4) is 5.75 Å². The Morgan fingerprint density at radius 1 is 0.839 bits per heavy atom. The SMILES string of the molecule is CCC[Si](C)(c1cc2ccccc2[cH-]1)c1[cH-]c2ccccc2c1O[Si](C)(C)C.[Cl-].[Cl-].[Zr+4]. The van der Waals surface area contributed by atoms with Crippen LogP contribution in [0.1, 0.15) is 13.3 Å². The largest absolute Gasteiger partial charge is 4.00 e. The molecule has 1 unspecified atom stereocenters. The van der Waals surface area contributed by atoms with Crippen LogP contribution in [-0.4, -0.2) is 16.4 Å². The summed E-state index contributed by atoms with van der Waals surface area (Å²) in [7, 11) is -3.64. The monoisotopic (exact) mass is 562 g/mol. The third kappa shape index (κ3) is 5.65. The topological polar surface area (TPSA) is 9.23 Å².